The maximum atomic E-state index is 13.1. The quantitative estimate of drug-likeness (QED) is 0.607. The molecular weight excluding hydrogens is 380 g/mol. The van der Waals surface area contributed by atoms with Gasteiger partial charge in [0.2, 0.25) is 0 Å². The normalized spacial score (nSPS) is 29.8. The summed E-state index contributed by atoms with van der Waals surface area (Å²) in [5, 5.41) is 1.69. The molecule has 2 aromatic rings. The molecule has 26 heavy (non-hydrogen) atoms. The van der Waals surface area contributed by atoms with Crippen LogP contribution in [0.4, 0.5) is 8.78 Å². The second kappa shape index (κ2) is 5.58. The number of hydrogen-bond acceptors (Lipinski definition) is 3. The van der Waals surface area contributed by atoms with Crippen LogP contribution in [0.1, 0.15) is 30.7 Å². The van der Waals surface area contributed by atoms with Crippen LogP contribution in [-0.4, -0.2) is 26.2 Å². The van der Waals surface area contributed by atoms with Gasteiger partial charge in [0.05, 0.1) is 23.1 Å². The Bertz CT molecular complexity index is 1000. The summed E-state index contributed by atoms with van der Waals surface area (Å²) in [5.41, 5.74) is 3.05. The molecule has 8 heteroatoms. The predicted octanol–water partition coefficient (Wildman–Crippen LogP) is 4.38. The third-order valence-corrected chi connectivity index (χ3v) is 6.01. The maximum absolute atomic E-state index is 13.1. The fourth-order valence-corrected chi connectivity index (χ4v) is 4.99. The Morgan fingerprint density at radius 2 is 2.19 bits per heavy atom. The average Bonchev–Trinajstić information content (AvgIpc) is 3.06. The fourth-order valence-electron chi connectivity index (χ4n) is 4.29. The van der Waals surface area contributed by atoms with Gasteiger partial charge in [-0.15, -0.1) is 0 Å². The number of benzene rings is 1. The number of rotatable bonds is 2. The average molecular weight is 394 g/mol. The van der Waals surface area contributed by atoms with Gasteiger partial charge < -0.3 is 9.88 Å². The molecule has 2 aliphatic heterocycles. The number of thiocarbonyl (C=S) groups is 1. The van der Waals surface area contributed by atoms with Crippen molar-refractivity contribution in [3.05, 3.63) is 53.4 Å². The Hall–Kier alpha value is -1.83. The molecule has 1 aliphatic carbocycles. The Morgan fingerprint density at radius 3 is 3.00 bits per heavy atom. The van der Waals surface area contributed by atoms with Crippen LogP contribution in [0.25, 0.3) is 11.0 Å². The molecule has 3 atom stereocenters. The monoisotopic (exact) mass is 393 g/mol. The van der Waals surface area contributed by atoms with Crippen LogP contribution in [0.5, 0.6) is 0 Å². The van der Waals surface area contributed by atoms with Crippen LogP contribution >= 0.6 is 23.8 Å². The van der Waals surface area contributed by atoms with Gasteiger partial charge in [-0.2, -0.15) is 8.78 Å². The number of fused-ring (bicyclic) bond motifs is 8. The van der Waals surface area contributed by atoms with Crippen molar-refractivity contribution >= 4 is 39.8 Å². The minimum Gasteiger partial charge on any atom is -0.366 e. The van der Waals surface area contributed by atoms with Crippen molar-refractivity contribution < 1.29 is 13.5 Å². The SMILES string of the molecule is FC(F)OC1(Cl)CC=CC2=C1[C@H]1C[C@@H](NC2=S)c2nc3ccccc3n21. The first-order chi connectivity index (χ1) is 12.5. The fraction of sp³-hybridized carbons (Fsp3) is 0.333. The number of nitrogens with one attached hydrogen (secondary N) is 1. The topological polar surface area (TPSA) is 39.1 Å². The van der Waals surface area contributed by atoms with E-state index in [9.17, 15) is 8.78 Å². The summed E-state index contributed by atoms with van der Waals surface area (Å²) >= 11 is 12.1. The molecule has 1 unspecified atom stereocenters. The zero-order chi connectivity index (χ0) is 18.1. The summed E-state index contributed by atoms with van der Waals surface area (Å²) in [4.78, 5) is 5.22. The van der Waals surface area contributed by atoms with E-state index in [1.165, 1.54) is 0 Å². The molecule has 5 rings (SSSR count). The minimum atomic E-state index is -2.98. The molecule has 0 radical (unpaired) electrons. The van der Waals surface area contributed by atoms with Crippen LogP contribution in [0.2, 0.25) is 0 Å². The highest BCUT2D eigenvalue weighted by molar-refractivity contribution is 7.80. The van der Waals surface area contributed by atoms with Crippen LogP contribution in [0, 0.1) is 0 Å². The Balaban J connectivity index is 1.76. The van der Waals surface area contributed by atoms with Crippen LogP contribution < -0.4 is 5.32 Å². The zero-order valence-corrected chi connectivity index (χ0v) is 15.0. The Labute approximate surface area is 158 Å². The molecule has 1 N–H and O–H groups in total. The van der Waals surface area contributed by atoms with E-state index in [0.29, 0.717) is 22.6 Å². The van der Waals surface area contributed by atoms with Gasteiger partial charge in [0.25, 0.3) is 0 Å². The van der Waals surface area contributed by atoms with Crippen molar-refractivity contribution in [2.75, 3.05) is 0 Å². The lowest BCUT2D eigenvalue weighted by Gasteiger charge is -2.36. The largest absolute Gasteiger partial charge is 0.366 e. The number of hydrogen-bond donors (Lipinski definition) is 1. The van der Waals surface area contributed by atoms with Gasteiger partial charge >= 0.3 is 6.61 Å². The standard InChI is InChI=1S/C18H14ClF2N3OS/c19-18(25-17(20)21)7-3-4-9-14(18)13-8-11(23-16(9)26)15-22-10-5-1-2-6-12(10)24(13)15/h1-6,11,13,17H,7-8H2,(H,23,26)/t11-,13-,18?/m1/s1. The summed E-state index contributed by atoms with van der Waals surface area (Å²) in [6.45, 7) is -2.98. The van der Waals surface area contributed by atoms with Crippen LogP contribution in [-0.2, 0) is 4.74 Å². The number of halogens is 3. The van der Waals surface area contributed by atoms with Crippen molar-refractivity contribution in [2.45, 2.75) is 36.6 Å². The summed E-state index contributed by atoms with van der Waals surface area (Å²) in [5.74, 6) is 0.843. The molecule has 3 heterocycles. The van der Waals surface area contributed by atoms with E-state index in [4.69, 9.17) is 33.5 Å². The molecule has 4 nitrogen and oxygen atoms in total. The van der Waals surface area contributed by atoms with Gasteiger partial charge in [0, 0.05) is 17.6 Å². The smallest absolute Gasteiger partial charge is 0.347 e. The highest BCUT2D eigenvalue weighted by Crippen LogP contribution is 2.52. The minimum absolute atomic E-state index is 0.0913. The molecule has 2 bridgehead atoms. The number of imidazole rings is 1. The summed E-state index contributed by atoms with van der Waals surface area (Å²) in [6, 6.07) is 7.43. The first-order valence-electron chi connectivity index (χ1n) is 8.32. The predicted molar refractivity (Wildman–Crippen MR) is 98.3 cm³/mol. The van der Waals surface area contributed by atoms with E-state index < -0.39 is 11.7 Å². The van der Waals surface area contributed by atoms with Gasteiger partial charge in [-0.3, -0.25) is 4.74 Å². The molecule has 0 fully saturated rings. The van der Waals surface area contributed by atoms with Crippen LogP contribution in [0.15, 0.2) is 47.6 Å². The van der Waals surface area contributed by atoms with Crippen molar-refractivity contribution in [3.63, 3.8) is 0 Å². The third-order valence-electron chi connectivity index (χ3n) is 5.22. The van der Waals surface area contributed by atoms with Crippen molar-refractivity contribution in [2.24, 2.45) is 0 Å². The van der Waals surface area contributed by atoms with Gasteiger partial charge in [-0.25, -0.2) is 4.98 Å². The zero-order valence-electron chi connectivity index (χ0n) is 13.5. The van der Waals surface area contributed by atoms with Gasteiger partial charge in [-0.05, 0) is 18.6 Å². The van der Waals surface area contributed by atoms with E-state index in [1.807, 2.05) is 30.3 Å². The molecule has 0 spiro atoms. The summed E-state index contributed by atoms with van der Waals surface area (Å²) in [6.07, 6.45) is 4.37. The number of nitrogens with zero attached hydrogens (tertiary/aromatic N) is 2. The van der Waals surface area contributed by atoms with E-state index in [-0.39, 0.29) is 18.5 Å². The highest BCUT2D eigenvalue weighted by atomic mass is 35.5. The van der Waals surface area contributed by atoms with Crippen molar-refractivity contribution in [1.29, 1.82) is 0 Å². The van der Waals surface area contributed by atoms with E-state index in [1.54, 1.807) is 6.08 Å². The molecule has 0 saturated heterocycles. The first kappa shape index (κ1) is 16.4. The maximum Gasteiger partial charge on any atom is 0.347 e. The summed E-state index contributed by atoms with van der Waals surface area (Å²) < 4.78 is 33.2. The molecule has 0 saturated carbocycles. The number of alkyl halides is 3. The summed E-state index contributed by atoms with van der Waals surface area (Å²) in [7, 11) is 0. The van der Waals surface area contributed by atoms with Crippen LogP contribution in [0.3, 0.4) is 0 Å². The number of aromatic nitrogens is 2. The lowest BCUT2D eigenvalue weighted by molar-refractivity contribution is -0.168. The first-order valence-corrected chi connectivity index (χ1v) is 9.10. The molecule has 0 amide bonds. The second-order valence-electron chi connectivity index (χ2n) is 6.65. The molecular formula is C18H14ClF2N3OS. The van der Waals surface area contributed by atoms with Crippen molar-refractivity contribution in [3.8, 4) is 0 Å². The Morgan fingerprint density at radius 1 is 1.38 bits per heavy atom. The van der Waals surface area contributed by atoms with Gasteiger partial charge in [0.15, 0.2) is 5.06 Å². The second-order valence-corrected chi connectivity index (χ2v) is 7.67. The highest BCUT2D eigenvalue weighted by Gasteiger charge is 2.49. The van der Waals surface area contributed by atoms with E-state index >= 15 is 0 Å². The van der Waals surface area contributed by atoms with Gasteiger partial charge in [0.1, 0.15) is 10.8 Å². The number of para-hydroxylation sites is 2. The third kappa shape index (κ3) is 2.20. The van der Waals surface area contributed by atoms with E-state index in [2.05, 4.69) is 9.88 Å². The lowest BCUT2D eigenvalue weighted by Crippen LogP contribution is -2.38. The Kier molecular flexibility index (Phi) is 3.51. The van der Waals surface area contributed by atoms with Gasteiger partial charge in [-0.1, -0.05) is 48.1 Å². The molecule has 1 aromatic carbocycles. The lowest BCUT2D eigenvalue weighted by atomic mass is 9.88. The van der Waals surface area contributed by atoms with E-state index in [0.717, 1.165) is 16.9 Å². The molecule has 3 aliphatic rings. The number of ether oxygens (including phenoxy) is 1. The molecule has 1 aromatic heterocycles. The van der Waals surface area contributed by atoms with Crippen molar-refractivity contribution in [1.82, 2.24) is 14.9 Å². The molecule has 134 valence electrons.